The van der Waals surface area contributed by atoms with Gasteiger partial charge in [-0.05, 0) is 24.5 Å². The van der Waals surface area contributed by atoms with Gasteiger partial charge < -0.3 is 9.88 Å². The van der Waals surface area contributed by atoms with Crippen LogP contribution in [0.2, 0.25) is 0 Å². The maximum Gasteiger partial charge on any atom is 0.252 e. The third-order valence-corrected chi connectivity index (χ3v) is 5.78. The van der Waals surface area contributed by atoms with Crippen LogP contribution in [0.3, 0.4) is 0 Å². The van der Waals surface area contributed by atoms with Gasteiger partial charge in [0, 0.05) is 42.6 Å². The minimum Gasteiger partial charge on any atom is -0.347 e. The summed E-state index contributed by atoms with van der Waals surface area (Å²) in [6, 6.07) is 9.55. The third-order valence-electron chi connectivity index (χ3n) is 5.78. The highest BCUT2D eigenvalue weighted by Gasteiger charge is 2.28. The van der Waals surface area contributed by atoms with Gasteiger partial charge in [-0.1, -0.05) is 39.0 Å². The second kappa shape index (κ2) is 7.98. The number of aromatic nitrogens is 5. The van der Waals surface area contributed by atoms with Crippen LogP contribution in [0.25, 0.3) is 22.2 Å². The van der Waals surface area contributed by atoms with Crippen molar-refractivity contribution < 1.29 is 4.79 Å². The zero-order chi connectivity index (χ0) is 22.2. The number of fused-ring (bicyclic) bond motifs is 1. The predicted octanol–water partition coefficient (Wildman–Crippen LogP) is 3.98. The predicted molar refractivity (Wildman–Crippen MR) is 122 cm³/mol. The molecule has 4 rings (SSSR count). The summed E-state index contributed by atoms with van der Waals surface area (Å²) in [5.74, 6) is -0.110. The van der Waals surface area contributed by atoms with E-state index >= 15 is 0 Å². The molecule has 0 aliphatic carbocycles. The number of rotatable bonds is 5. The van der Waals surface area contributed by atoms with Crippen LogP contribution in [-0.2, 0) is 13.6 Å². The van der Waals surface area contributed by atoms with E-state index in [0.29, 0.717) is 12.1 Å². The molecule has 0 saturated heterocycles. The maximum atomic E-state index is 13.5. The smallest absolute Gasteiger partial charge is 0.252 e. The Balaban J connectivity index is 1.75. The number of hydrogen-bond acceptors (Lipinski definition) is 4. The van der Waals surface area contributed by atoms with E-state index in [4.69, 9.17) is 4.98 Å². The summed E-state index contributed by atoms with van der Waals surface area (Å²) in [7, 11) is 1.90. The maximum absolute atomic E-state index is 13.5. The van der Waals surface area contributed by atoms with Crippen molar-refractivity contribution in [2.75, 3.05) is 0 Å². The monoisotopic (exact) mass is 416 g/mol. The van der Waals surface area contributed by atoms with Gasteiger partial charge in [-0.25, -0.2) is 9.97 Å². The molecule has 0 spiro atoms. The fourth-order valence-electron chi connectivity index (χ4n) is 3.63. The lowest BCUT2D eigenvalue weighted by Crippen LogP contribution is -2.46. The summed E-state index contributed by atoms with van der Waals surface area (Å²) in [6.45, 7) is 9.03. The molecule has 0 fully saturated rings. The Morgan fingerprint density at radius 2 is 2.00 bits per heavy atom. The number of hydrogen-bond donors (Lipinski definition) is 1. The van der Waals surface area contributed by atoms with Gasteiger partial charge in [0.1, 0.15) is 0 Å². The molecule has 3 aromatic heterocycles. The van der Waals surface area contributed by atoms with Gasteiger partial charge in [0.2, 0.25) is 0 Å². The molecule has 7 nitrogen and oxygen atoms in total. The molecule has 1 N–H and O–H groups in total. The van der Waals surface area contributed by atoms with Crippen LogP contribution in [0, 0.1) is 12.3 Å². The van der Waals surface area contributed by atoms with E-state index in [9.17, 15) is 4.79 Å². The molecule has 0 radical (unpaired) electrons. The molecule has 31 heavy (non-hydrogen) atoms. The average molecular weight is 417 g/mol. The molecular formula is C24H28N6O. The normalized spacial score (nSPS) is 12.8. The fraction of sp³-hybridized carbons (Fsp3) is 0.333. The Labute approximate surface area is 182 Å². The molecule has 4 aromatic rings. The van der Waals surface area contributed by atoms with Crippen LogP contribution in [0.4, 0.5) is 0 Å². The second-order valence-corrected chi connectivity index (χ2v) is 8.99. The van der Waals surface area contributed by atoms with Gasteiger partial charge in [0.15, 0.2) is 0 Å². The van der Waals surface area contributed by atoms with Gasteiger partial charge >= 0.3 is 0 Å². The quantitative estimate of drug-likeness (QED) is 0.534. The number of imidazole rings is 1. The number of pyridine rings is 1. The molecule has 1 atom stereocenters. The summed E-state index contributed by atoms with van der Waals surface area (Å²) in [5.41, 5.74) is 3.94. The highest BCUT2D eigenvalue weighted by molar-refractivity contribution is 6.07. The largest absolute Gasteiger partial charge is 0.347 e. The number of benzene rings is 1. The molecular weight excluding hydrogens is 388 g/mol. The van der Waals surface area contributed by atoms with Crippen molar-refractivity contribution in [2.24, 2.45) is 12.5 Å². The Morgan fingerprint density at radius 1 is 1.23 bits per heavy atom. The first kappa shape index (κ1) is 20.8. The minimum atomic E-state index is -0.133. The molecule has 7 heteroatoms. The first-order valence-corrected chi connectivity index (χ1v) is 10.4. The van der Waals surface area contributed by atoms with Crippen molar-refractivity contribution in [3.05, 3.63) is 66.5 Å². The number of carbonyl (C=O) groups excluding carboxylic acids is 1. The molecule has 0 saturated carbocycles. The van der Waals surface area contributed by atoms with Gasteiger partial charge in [-0.2, -0.15) is 5.10 Å². The van der Waals surface area contributed by atoms with Crippen LogP contribution in [0.5, 0.6) is 0 Å². The third kappa shape index (κ3) is 4.21. The molecule has 0 bridgehead atoms. The standard InChI is InChI=1S/C24H28N6O/c1-16-19(13-26-29(16)5)21-12-18(17-8-6-7-9-20(17)27-21)23(31)28-22(24(2,3)4)14-30-11-10-25-15-30/h6-13,15,22H,14H2,1-5H3,(H,28,31). The van der Waals surface area contributed by atoms with Crippen molar-refractivity contribution in [3.8, 4) is 11.3 Å². The Hall–Kier alpha value is -3.48. The molecule has 1 aromatic carbocycles. The molecule has 1 unspecified atom stereocenters. The van der Waals surface area contributed by atoms with E-state index in [1.54, 1.807) is 18.7 Å². The van der Waals surface area contributed by atoms with Crippen molar-refractivity contribution in [1.29, 1.82) is 0 Å². The molecule has 160 valence electrons. The van der Waals surface area contributed by atoms with Crippen LogP contribution in [0.15, 0.2) is 55.2 Å². The first-order valence-electron chi connectivity index (χ1n) is 10.4. The van der Waals surface area contributed by atoms with Crippen molar-refractivity contribution in [3.63, 3.8) is 0 Å². The number of amides is 1. The number of para-hydroxylation sites is 1. The van der Waals surface area contributed by atoms with Gasteiger partial charge in [-0.3, -0.25) is 9.48 Å². The van der Waals surface area contributed by atoms with Gasteiger partial charge in [0.25, 0.3) is 5.91 Å². The number of nitrogens with one attached hydrogen (secondary N) is 1. The van der Waals surface area contributed by atoms with Crippen molar-refractivity contribution in [2.45, 2.75) is 40.3 Å². The zero-order valence-electron chi connectivity index (χ0n) is 18.6. The van der Waals surface area contributed by atoms with E-state index in [-0.39, 0.29) is 17.4 Å². The lowest BCUT2D eigenvalue weighted by molar-refractivity contribution is 0.0894. The van der Waals surface area contributed by atoms with E-state index in [1.807, 2.05) is 59.7 Å². The first-order chi connectivity index (χ1) is 14.7. The highest BCUT2D eigenvalue weighted by Crippen LogP contribution is 2.28. The molecule has 0 aliphatic heterocycles. The van der Waals surface area contributed by atoms with Crippen molar-refractivity contribution in [1.82, 2.24) is 29.6 Å². The minimum absolute atomic E-state index is 0.0790. The fourth-order valence-corrected chi connectivity index (χ4v) is 3.63. The summed E-state index contributed by atoms with van der Waals surface area (Å²) in [6.07, 6.45) is 7.23. The highest BCUT2D eigenvalue weighted by atomic mass is 16.1. The average Bonchev–Trinajstić information content (AvgIpc) is 3.36. The number of nitrogens with zero attached hydrogens (tertiary/aromatic N) is 5. The van der Waals surface area contributed by atoms with Crippen LogP contribution >= 0.6 is 0 Å². The second-order valence-electron chi connectivity index (χ2n) is 8.99. The molecule has 3 heterocycles. The summed E-state index contributed by atoms with van der Waals surface area (Å²) in [4.78, 5) is 22.5. The number of aryl methyl sites for hydroxylation is 1. The van der Waals surface area contributed by atoms with Crippen LogP contribution in [0.1, 0.15) is 36.8 Å². The zero-order valence-corrected chi connectivity index (χ0v) is 18.6. The van der Waals surface area contributed by atoms with E-state index in [0.717, 1.165) is 27.9 Å². The van der Waals surface area contributed by atoms with Gasteiger partial charge in [0.05, 0.1) is 35.3 Å². The SMILES string of the molecule is Cc1c(-c2cc(C(=O)NC(Cn3ccnc3)C(C)(C)C)c3ccccc3n2)cnn1C. The van der Waals surface area contributed by atoms with Crippen LogP contribution in [-0.4, -0.2) is 36.3 Å². The summed E-state index contributed by atoms with van der Waals surface area (Å²) < 4.78 is 3.80. The van der Waals surface area contributed by atoms with Crippen molar-refractivity contribution >= 4 is 16.8 Å². The number of carbonyl (C=O) groups is 1. The molecule has 0 aliphatic rings. The van der Waals surface area contributed by atoms with E-state index in [1.165, 1.54) is 0 Å². The van der Waals surface area contributed by atoms with E-state index in [2.05, 4.69) is 36.2 Å². The Kier molecular flexibility index (Phi) is 5.35. The van der Waals surface area contributed by atoms with Crippen LogP contribution < -0.4 is 5.32 Å². The summed E-state index contributed by atoms with van der Waals surface area (Å²) in [5, 5.41) is 8.44. The lowest BCUT2D eigenvalue weighted by Gasteiger charge is -2.32. The lowest BCUT2D eigenvalue weighted by atomic mass is 9.86. The Morgan fingerprint density at radius 3 is 2.65 bits per heavy atom. The topological polar surface area (TPSA) is 77.6 Å². The van der Waals surface area contributed by atoms with Gasteiger partial charge in [-0.15, -0.1) is 0 Å². The summed E-state index contributed by atoms with van der Waals surface area (Å²) >= 11 is 0. The molecule has 1 amide bonds. The Bertz CT molecular complexity index is 1220. The van der Waals surface area contributed by atoms with E-state index < -0.39 is 0 Å².